The summed E-state index contributed by atoms with van der Waals surface area (Å²) in [5.74, 6) is 0.938. The van der Waals surface area contributed by atoms with Gasteiger partial charge in [0.1, 0.15) is 18.0 Å². The maximum atomic E-state index is 6.46. The summed E-state index contributed by atoms with van der Waals surface area (Å²) in [6.07, 6.45) is -1.44. The van der Waals surface area contributed by atoms with Crippen LogP contribution in [0.1, 0.15) is 39.5 Å². The van der Waals surface area contributed by atoms with Gasteiger partial charge in [-0.15, -0.1) is 0 Å². The van der Waals surface area contributed by atoms with E-state index >= 15 is 0 Å². The van der Waals surface area contributed by atoms with Gasteiger partial charge in [0, 0.05) is 18.6 Å². The molecule has 6 nitrogen and oxygen atoms in total. The first-order valence-electron chi connectivity index (χ1n) is 10.3. The van der Waals surface area contributed by atoms with Gasteiger partial charge in [0.05, 0.1) is 19.8 Å². The van der Waals surface area contributed by atoms with Crippen LogP contribution in [0.15, 0.2) is 24.3 Å². The van der Waals surface area contributed by atoms with Gasteiger partial charge in [-0.3, -0.25) is 0 Å². The normalized spacial score (nSPS) is 32.8. The molecule has 2 fully saturated rings. The lowest BCUT2D eigenvalue weighted by molar-refractivity contribution is -0.383. The highest BCUT2D eigenvalue weighted by molar-refractivity contribution is 6.74. The first-order chi connectivity index (χ1) is 13.6. The average molecular weight is 425 g/mol. The summed E-state index contributed by atoms with van der Waals surface area (Å²) < 4.78 is 36.2. The Morgan fingerprint density at radius 3 is 2.14 bits per heavy atom. The molecule has 0 N–H and O–H groups in total. The molecule has 1 aromatic carbocycles. The van der Waals surface area contributed by atoms with Crippen LogP contribution >= 0.6 is 0 Å². The maximum absolute atomic E-state index is 6.46. The number of benzene rings is 1. The van der Waals surface area contributed by atoms with Gasteiger partial charge in [0.25, 0.3) is 0 Å². The lowest BCUT2D eigenvalue weighted by atomic mass is 9.89. The SMILES string of the molecule is COc1ccc([C@@H]2OC3[C@@H](OC)O[C@H](CO[Si](C)(C)C(C)(C)C)C(O2)[C@@H]3C)cc1. The highest BCUT2D eigenvalue weighted by Gasteiger charge is 2.51. The third-order valence-corrected chi connectivity index (χ3v) is 11.1. The predicted molar refractivity (Wildman–Crippen MR) is 113 cm³/mol. The molecule has 0 saturated carbocycles. The molecule has 2 heterocycles. The van der Waals surface area contributed by atoms with Gasteiger partial charge in [-0.2, -0.15) is 0 Å². The fourth-order valence-corrected chi connectivity index (χ4v) is 4.58. The second-order valence-corrected chi connectivity index (χ2v) is 14.3. The van der Waals surface area contributed by atoms with Crippen molar-refractivity contribution in [1.82, 2.24) is 0 Å². The molecule has 2 bridgehead atoms. The van der Waals surface area contributed by atoms with Crippen molar-refractivity contribution in [2.75, 3.05) is 20.8 Å². The highest BCUT2D eigenvalue weighted by atomic mass is 28.4. The van der Waals surface area contributed by atoms with Crippen molar-refractivity contribution >= 4 is 8.32 Å². The van der Waals surface area contributed by atoms with E-state index in [1.807, 2.05) is 24.3 Å². The van der Waals surface area contributed by atoms with Gasteiger partial charge in [-0.1, -0.05) is 39.8 Å². The Balaban J connectivity index is 1.78. The Morgan fingerprint density at radius 1 is 0.966 bits per heavy atom. The van der Waals surface area contributed by atoms with Crippen LogP contribution < -0.4 is 4.74 Å². The quantitative estimate of drug-likeness (QED) is 0.627. The summed E-state index contributed by atoms with van der Waals surface area (Å²) >= 11 is 0. The predicted octanol–water partition coefficient (Wildman–Crippen LogP) is 4.51. The van der Waals surface area contributed by atoms with Crippen molar-refractivity contribution in [3.8, 4) is 5.75 Å². The maximum Gasteiger partial charge on any atom is 0.192 e. The van der Waals surface area contributed by atoms with Crippen LogP contribution in [0.25, 0.3) is 0 Å². The van der Waals surface area contributed by atoms with E-state index in [-0.39, 0.29) is 29.3 Å². The monoisotopic (exact) mass is 424 g/mol. The van der Waals surface area contributed by atoms with E-state index in [0.29, 0.717) is 6.61 Å². The summed E-state index contributed by atoms with van der Waals surface area (Å²) in [6, 6.07) is 7.77. The molecule has 0 aromatic heterocycles. The molecule has 7 heteroatoms. The number of ether oxygens (including phenoxy) is 5. The lowest BCUT2D eigenvalue weighted by Gasteiger charge is -2.51. The molecule has 0 spiro atoms. The second kappa shape index (κ2) is 8.65. The van der Waals surface area contributed by atoms with Gasteiger partial charge in [-0.05, 0) is 30.3 Å². The molecule has 29 heavy (non-hydrogen) atoms. The fraction of sp³-hybridized carbons (Fsp3) is 0.727. The van der Waals surface area contributed by atoms with Crippen molar-refractivity contribution < 1.29 is 28.1 Å². The van der Waals surface area contributed by atoms with Crippen molar-refractivity contribution in [3.63, 3.8) is 0 Å². The van der Waals surface area contributed by atoms with Gasteiger partial charge in [-0.25, -0.2) is 0 Å². The molecule has 0 radical (unpaired) electrons. The number of hydrogen-bond donors (Lipinski definition) is 0. The van der Waals surface area contributed by atoms with Crippen LogP contribution in [0.2, 0.25) is 18.1 Å². The fourth-order valence-electron chi connectivity index (χ4n) is 3.57. The molecule has 1 aromatic rings. The molecule has 2 aliphatic rings. The molecule has 0 aliphatic carbocycles. The molecule has 6 atom stereocenters. The number of methoxy groups -OCH3 is 2. The van der Waals surface area contributed by atoms with Gasteiger partial charge >= 0.3 is 0 Å². The van der Waals surface area contributed by atoms with E-state index in [1.165, 1.54) is 0 Å². The minimum absolute atomic E-state index is 0.128. The summed E-state index contributed by atoms with van der Waals surface area (Å²) in [5, 5.41) is 0.138. The highest BCUT2D eigenvalue weighted by Crippen LogP contribution is 2.42. The number of rotatable bonds is 6. The largest absolute Gasteiger partial charge is 0.497 e. The zero-order valence-corrected chi connectivity index (χ0v) is 19.9. The third-order valence-electron chi connectivity index (χ3n) is 6.58. The molecule has 3 rings (SSSR count). The van der Waals surface area contributed by atoms with E-state index < -0.39 is 20.9 Å². The molecular weight excluding hydrogens is 388 g/mol. The molecule has 0 amide bonds. The van der Waals surface area contributed by atoms with Crippen molar-refractivity contribution in [2.24, 2.45) is 5.92 Å². The van der Waals surface area contributed by atoms with E-state index in [9.17, 15) is 0 Å². The molecular formula is C22H36O6Si. The first-order valence-corrected chi connectivity index (χ1v) is 13.3. The van der Waals surface area contributed by atoms with Crippen LogP contribution in [0, 0.1) is 5.92 Å². The summed E-state index contributed by atoms with van der Waals surface area (Å²) in [7, 11) is 1.41. The van der Waals surface area contributed by atoms with Crippen LogP contribution in [0.3, 0.4) is 0 Å². The van der Waals surface area contributed by atoms with Gasteiger partial charge in [0.15, 0.2) is 20.9 Å². The van der Waals surface area contributed by atoms with Crippen LogP contribution in [0.4, 0.5) is 0 Å². The van der Waals surface area contributed by atoms with E-state index in [4.69, 9.17) is 28.1 Å². The van der Waals surface area contributed by atoms with Crippen molar-refractivity contribution in [2.45, 2.75) is 76.7 Å². The minimum Gasteiger partial charge on any atom is -0.497 e. The molecule has 2 aliphatic heterocycles. The Labute approximate surface area is 175 Å². The number of fused-ring (bicyclic) bond motifs is 2. The van der Waals surface area contributed by atoms with E-state index in [0.717, 1.165) is 11.3 Å². The van der Waals surface area contributed by atoms with Crippen molar-refractivity contribution in [3.05, 3.63) is 29.8 Å². The van der Waals surface area contributed by atoms with E-state index in [2.05, 4.69) is 40.8 Å². The van der Waals surface area contributed by atoms with Crippen LogP contribution in [-0.4, -0.2) is 53.7 Å². The zero-order valence-electron chi connectivity index (χ0n) is 18.9. The second-order valence-electron chi connectivity index (χ2n) is 9.52. The standard InChI is InChI=1S/C22H36O6Si/c1-14-18-17(13-25-29(7,8)22(2,3)4)26-21(24-6)19(14)28-20(27-18)15-9-11-16(23-5)12-10-15/h9-12,14,17-21H,13H2,1-8H3/t14-,17+,18?,19?,20-,21-/m0/s1. The molecule has 2 saturated heterocycles. The Kier molecular flexibility index (Phi) is 6.77. The third kappa shape index (κ3) is 4.70. The summed E-state index contributed by atoms with van der Waals surface area (Å²) in [6.45, 7) is 13.8. The van der Waals surface area contributed by atoms with Crippen molar-refractivity contribution in [1.29, 1.82) is 0 Å². The lowest BCUT2D eigenvalue weighted by Crippen LogP contribution is -2.61. The van der Waals surface area contributed by atoms with Crippen LogP contribution in [0.5, 0.6) is 5.75 Å². The summed E-state index contributed by atoms with van der Waals surface area (Å²) in [4.78, 5) is 0. The van der Waals surface area contributed by atoms with Gasteiger partial charge < -0.3 is 28.1 Å². The zero-order chi connectivity index (χ0) is 21.4. The van der Waals surface area contributed by atoms with E-state index in [1.54, 1.807) is 14.2 Å². The van der Waals surface area contributed by atoms with Gasteiger partial charge in [0.2, 0.25) is 0 Å². The number of hydrogen-bond acceptors (Lipinski definition) is 6. The Bertz CT molecular complexity index is 669. The topological polar surface area (TPSA) is 55.4 Å². The smallest absolute Gasteiger partial charge is 0.192 e. The Morgan fingerprint density at radius 2 is 1.59 bits per heavy atom. The first kappa shape index (κ1) is 22.7. The molecule has 2 unspecified atom stereocenters. The Hall–Kier alpha value is -0.963. The molecule has 164 valence electrons. The summed E-state index contributed by atoms with van der Waals surface area (Å²) in [5.41, 5.74) is 0.952. The van der Waals surface area contributed by atoms with Crippen LogP contribution in [-0.2, 0) is 23.4 Å². The average Bonchev–Trinajstić information content (AvgIpc) is 2.66. The minimum atomic E-state index is -1.90.